The van der Waals surface area contributed by atoms with Crippen molar-refractivity contribution in [3.63, 3.8) is 0 Å². The molecular weight excluding hydrogens is 459 g/mol. The number of phenolic OH excluding ortho intramolecular Hbond substituents is 1. The van der Waals surface area contributed by atoms with E-state index in [0.29, 0.717) is 39.3 Å². The van der Waals surface area contributed by atoms with Crippen molar-refractivity contribution in [2.45, 2.75) is 19.9 Å². The van der Waals surface area contributed by atoms with Gasteiger partial charge in [0.25, 0.3) is 0 Å². The van der Waals surface area contributed by atoms with Gasteiger partial charge in [0.2, 0.25) is 0 Å². The van der Waals surface area contributed by atoms with Gasteiger partial charge in [0.05, 0.1) is 28.1 Å². The topological polar surface area (TPSA) is 128 Å². The molecule has 5 heterocycles. The Balaban J connectivity index is 1.45. The summed E-state index contributed by atoms with van der Waals surface area (Å²) in [5.41, 5.74) is 6.57. The maximum absolute atomic E-state index is 13.9. The zero-order valence-electron chi connectivity index (χ0n) is 19.4. The highest BCUT2D eigenvalue weighted by molar-refractivity contribution is 5.95. The summed E-state index contributed by atoms with van der Waals surface area (Å²) >= 11 is 0. The molecule has 9 nitrogen and oxygen atoms in total. The van der Waals surface area contributed by atoms with E-state index in [9.17, 15) is 9.50 Å². The van der Waals surface area contributed by atoms with Crippen LogP contribution in [0.25, 0.3) is 56.1 Å². The predicted octanol–water partition coefficient (Wildman–Crippen LogP) is 5.29. The monoisotopic (exact) mass is 480 g/mol. The molecule has 178 valence electrons. The number of nitrogens with zero attached hydrogens (tertiary/aromatic N) is 5. The van der Waals surface area contributed by atoms with Crippen LogP contribution in [0.15, 0.2) is 61.1 Å². The van der Waals surface area contributed by atoms with Crippen molar-refractivity contribution in [1.82, 2.24) is 35.1 Å². The lowest BCUT2D eigenvalue weighted by Gasteiger charge is -2.10. The predicted molar refractivity (Wildman–Crippen MR) is 136 cm³/mol. The van der Waals surface area contributed by atoms with Gasteiger partial charge >= 0.3 is 0 Å². The molecule has 36 heavy (non-hydrogen) atoms. The van der Waals surface area contributed by atoms with Crippen LogP contribution in [0, 0.1) is 5.82 Å². The van der Waals surface area contributed by atoms with Crippen molar-refractivity contribution < 1.29 is 9.50 Å². The molecule has 1 aromatic carbocycles. The SMILES string of the molecule is CC(C)Nc1cncc(-c2ccc3[nH]nc(-c4nc5c(-c6cc(O)cc(F)c6)nccc5[nH]4)c3n2)c1. The normalized spacial score (nSPS) is 11.6. The van der Waals surface area contributed by atoms with Crippen LogP contribution >= 0.6 is 0 Å². The highest BCUT2D eigenvalue weighted by Crippen LogP contribution is 2.32. The Morgan fingerprint density at radius 2 is 1.78 bits per heavy atom. The second-order valence-electron chi connectivity index (χ2n) is 8.77. The van der Waals surface area contributed by atoms with Crippen molar-refractivity contribution in [3.05, 3.63) is 66.9 Å². The number of aromatic hydroxyl groups is 1. The summed E-state index contributed by atoms with van der Waals surface area (Å²) in [6.07, 6.45) is 5.16. The molecule has 0 aliphatic rings. The van der Waals surface area contributed by atoms with Crippen molar-refractivity contribution in [2.24, 2.45) is 0 Å². The van der Waals surface area contributed by atoms with Gasteiger partial charge in [-0.2, -0.15) is 5.10 Å². The minimum atomic E-state index is -0.559. The first-order valence-corrected chi connectivity index (χ1v) is 11.4. The third-order valence-corrected chi connectivity index (χ3v) is 5.68. The fraction of sp³-hybridized carbons (Fsp3) is 0.115. The van der Waals surface area contributed by atoms with E-state index in [1.165, 1.54) is 12.1 Å². The number of halogens is 1. The molecule has 6 rings (SSSR count). The maximum atomic E-state index is 13.9. The molecule has 0 spiro atoms. The summed E-state index contributed by atoms with van der Waals surface area (Å²) in [4.78, 5) is 21.6. The number of hydrogen-bond donors (Lipinski definition) is 4. The van der Waals surface area contributed by atoms with Crippen LogP contribution in [-0.4, -0.2) is 46.3 Å². The van der Waals surface area contributed by atoms with Crippen LogP contribution in [0.5, 0.6) is 5.75 Å². The summed E-state index contributed by atoms with van der Waals surface area (Å²) in [5.74, 6) is -0.252. The number of nitrogens with one attached hydrogen (secondary N) is 3. The summed E-state index contributed by atoms with van der Waals surface area (Å²) in [6.45, 7) is 4.14. The lowest BCUT2D eigenvalue weighted by atomic mass is 10.1. The van der Waals surface area contributed by atoms with E-state index in [2.05, 4.69) is 44.3 Å². The number of imidazole rings is 1. The van der Waals surface area contributed by atoms with Crippen LogP contribution < -0.4 is 5.32 Å². The minimum Gasteiger partial charge on any atom is -0.508 e. The van der Waals surface area contributed by atoms with E-state index in [1.54, 1.807) is 24.7 Å². The van der Waals surface area contributed by atoms with Crippen molar-refractivity contribution >= 4 is 27.8 Å². The zero-order valence-corrected chi connectivity index (χ0v) is 19.4. The number of H-pyrrole nitrogens is 2. The first kappa shape index (κ1) is 21.7. The smallest absolute Gasteiger partial charge is 0.161 e. The fourth-order valence-corrected chi connectivity index (χ4v) is 4.19. The summed E-state index contributed by atoms with van der Waals surface area (Å²) < 4.78 is 13.9. The number of pyridine rings is 3. The maximum Gasteiger partial charge on any atom is 0.161 e. The number of fused-ring (bicyclic) bond motifs is 2. The Morgan fingerprint density at radius 1 is 0.917 bits per heavy atom. The Labute approximate surface area is 204 Å². The highest BCUT2D eigenvalue weighted by atomic mass is 19.1. The third kappa shape index (κ3) is 3.88. The van der Waals surface area contributed by atoms with Gasteiger partial charge in [-0.15, -0.1) is 0 Å². The fourth-order valence-electron chi connectivity index (χ4n) is 4.19. The molecule has 0 saturated heterocycles. The van der Waals surface area contributed by atoms with Crippen molar-refractivity contribution in [1.29, 1.82) is 0 Å². The molecule has 0 unspecified atom stereocenters. The molecule has 0 amide bonds. The van der Waals surface area contributed by atoms with Gasteiger partial charge in [0.15, 0.2) is 11.5 Å². The number of aromatic nitrogens is 7. The van der Waals surface area contributed by atoms with E-state index in [-0.39, 0.29) is 11.8 Å². The summed E-state index contributed by atoms with van der Waals surface area (Å²) in [6, 6.07) is 11.7. The lowest BCUT2D eigenvalue weighted by Crippen LogP contribution is -2.09. The molecule has 10 heteroatoms. The van der Waals surface area contributed by atoms with Gasteiger partial charge in [-0.3, -0.25) is 15.1 Å². The van der Waals surface area contributed by atoms with E-state index in [4.69, 9.17) is 9.97 Å². The Kier molecular flexibility index (Phi) is 5.06. The quantitative estimate of drug-likeness (QED) is 0.264. The summed E-state index contributed by atoms with van der Waals surface area (Å²) in [7, 11) is 0. The number of rotatable bonds is 5. The standard InChI is InChI=1S/C26H21FN8O/c1-13(2)30-17-8-15(11-28-12-17)19-3-4-21-24(31-19)25(35-34-21)26-32-20-5-6-29-22(23(20)33-26)14-7-16(27)10-18(36)9-14/h3-13,30,36H,1-2H3,(H,32,33)(H,34,35). The molecule has 0 aliphatic heterocycles. The van der Waals surface area contributed by atoms with Crippen molar-refractivity contribution in [2.75, 3.05) is 5.32 Å². The number of anilines is 1. The van der Waals surface area contributed by atoms with Gasteiger partial charge in [-0.05, 0) is 50.2 Å². The van der Waals surface area contributed by atoms with Gasteiger partial charge < -0.3 is 15.4 Å². The van der Waals surface area contributed by atoms with Crippen LogP contribution in [0.2, 0.25) is 0 Å². The molecule has 0 radical (unpaired) electrons. The molecule has 0 saturated carbocycles. The van der Waals surface area contributed by atoms with Crippen molar-refractivity contribution in [3.8, 4) is 39.8 Å². The van der Waals surface area contributed by atoms with E-state index < -0.39 is 5.82 Å². The van der Waals surface area contributed by atoms with E-state index >= 15 is 0 Å². The highest BCUT2D eigenvalue weighted by Gasteiger charge is 2.18. The average Bonchev–Trinajstić information content (AvgIpc) is 3.46. The molecule has 0 atom stereocenters. The Morgan fingerprint density at radius 3 is 2.61 bits per heavy atom. The molecule has 0 fully saturated rings. The van der Waals surface area contributed by atoms with E-state index in [0.717, 1.165) is 28.5 Å². The van der Waals surface area contributed by atoms with Crippen LogP contribution in [0.1, 0.15) is 13.8 Å². The van der Waals surface area contributed by atoms with Gasteiger partial charge in [0.1, 0.15) is 22.6 Å². The first-order chi connectivity index (χ1) is 17.4. The summed E-state index contributed by atoms with van der Waals surface area (Å²) in [5, 5.41) is 20.7. The number of phenols is 1. The van der Waals surface area contributed by atoms with Gasteiger partial charge in [0, 0.05) is 41.8 Å². The number of hydrogen-bond acceptors (Lipinski definition) is 7. The molecule has 0 aliphatic carbocycles. The first-order valence-electron chi connectivity index (χ1n) is 11.4. The number of aromatic amines is 2. The minimum absolute atomic E-state index is 0.184. The molecule has 0 bridgehead atoms. The largest absolute Gasteiger partial charge is 0.508 e. The van der Waals surface area contributed by atoms with Gasteiger partial charge in [-0.25, -0.2) is 14.4 Å². The second-order valence-corrected chi connectivity index (χ2v) is 8.77. The van der Waals surface area contributed by atoms with Crippen LogP contribution in [0.3, 0.4) is 0 Å². The zero-order chi connectivity index (χ0) is 24.8. The Bertz CT molecular complexity index is 1720. The molecular formula is C26H21FN8O. The second kappa shape index (κ2) is 8.42. The van der Waals surface area contributed by atoms with E-state index in [1.807, 2.05) is 18.2 Å². The lowest BCUT2D eigenvalue weighted by molar-refractivity contribution is 0.469. The van der Waals surface area contributed by atoms with Crippen LogP contribution in [0.4, 0.5) is 10.1 Å². The van der Waals surface area contributed by atoms with Crippen LogP contribution in [-0.2, 0) is 0 Å². The molecule has 6 aromatic rings. The third-order valence-electron chi connectivity index (χ3n) is 5.68. The van der Waals surface area contributed by atoms with Gasteiger partial charge in [-0.1, -0.05) is 0 Å². The average molecular weight is 481 g/mol. The molecule has 4 N–H and O–H groups in total. The molecule has 5 aromatic heterocycles. The Hall–Kier alpha value is -4.86. The number of benzene rings is 1.